The Labute approximate surface area is 153 Å². The summed E-state index contributed by atoms with van der Waals surface area (Å²) in [5.41, 5.74) is 1.22. The van der Waals surface area contributed by atoms with Gasteiger partial charge in [0.25, 0.3) is 5.78 Å². The fourth-order valence-corrected chi connectivity index (χ4v) is 3.23. The van der Waals surface area contributed by atoms with E-state index >= 15 is 0 Å². The van der Waals surface area contributed by atoms with Crippen molar-refractivity contribution in [1.82, 2.24) is 24.6 Å². The minimum atomic E-state index is 0.552. The van der Waals surface area contributed by atoms with Crippen LogP contribution in [0.4, 0.5) is 11.9 Å². The molecule has 0 aliphatic heterocycles. The molecule has 2 aromatic heterocycles. The van der Waals surface area contributed by atoms with Crippen molar-refractivity contribution in [3.05, 3.63) is 34.3 Å². The summed E-state index contributed by atoms with van der Waals surface area (Å²) in [6.45, 7) is 0. The minimum absolute atomic E-state index is 0.552. The van der Waals surface area contributed by atoms with Crippen molar-refractivity contribution < 1.29 is 0 Å². The first-order valence-electron chi connectivity index (χ1n) is 7.31. The molecular formula is C15H18BrN7S. The number of aromatic nitrogens is 5. The van der Waals surface area contributed by atoms with E-state index in [0.717, 1.165) is 21.3 Å². The Morgan fingerprint density at radius 3 is 2.33 bits per heavy atom. The molecule has 0 radical (unpaired) electrons. The molecule has 0 amide bonds. The van der Waals surface area contributed by atoms with Crippen molar-refractivity contribution in [2.75, 3.05) is 38.0 Å². The predicted molar refractivity (Wildman–Crippen MR) is 101 cm³/mol. The van der Waals surface area contributed by atoms with Gasteiger partial charge in [0.2, 0.25) is 11.9 Å². The Morgan fingerprint density at radius 2 is 1.71 bits per heavy atom. The molecule has 0 unspecified atom stereocenters. The summed E-state index contributed by atoms with van der Waals surface area (Å²) in [5, 5.41) is 9.28. The second-order valence-corrected chi connectivity index (χ2v) is 7.50. The lowest BCUT2D eigenvalue weighted by atomic mass is 10.2. The third-order valence-electron chi connectivity index (χ3n) is 3.30. The Kier molecular flexibility index (Phi) is 4.91. The molecule has 0 spiro atoms. The summed E-state index contributed by atoms with van der Waals surface area (Å²) >= 11 is 5.07. The molecule has 0 aliphatic carbocycles. The number of thioether (sulfide) groups is 1. The molecule has 126 valence electrons. The second kappa shape index (κ2) is 6.94. The molecular weight excluding hydrogens is 390 g/mol. The lowest BCUT2D eigenvalue weighted by Gasteiger charge is -2.17. The molecule has 1 aromatic carbocycles. The van der Waals surface area contributed by atoms with Crippen LogP contribution in [0.25, 0.3) is 5.78 Å². The smallest absolute Gasteiger partial charge is 0.261 e. The van der Waals surface area contributed by atoms with Gasteiger partial charge in [0.05, 0.1) is 0 Å². The van der Waals surface area contributed by atoms with Gasteiger partial charge >= 0.3 is 0 Å². The van der Waals surface area contributed by atoms with E-state index < -0.39 is 0 Å². The highest BCUT2D eigenvalue weighted by Gasteiger charge is 2.17. The van der Waals surface area contributed by atoms with Crippen LogP contribution in [0.3, 0.4) is 0 Å². The van der Waals surface area contributed by atoms with E-state index in [-0.39, 0.29) is 0 Å². The summed E-state index contributed by atoms with van der Waals surface area (Å²) in [7, 11) is 7.71. The maximum absolute atomic E-state index is 4.60. The van der Waals surface area contributed by atoms with E-state index in [9.17, 15) is 0 Å². The van der Waals surface area contributed by atoms with Gasteiger partial charge in [-0.2, -0.15) is 9.97 Å². The zero-order chi connectivity index (χ0) is 17.3. The molecule has 9 heteroatoms. The molecule has 0 bridgehead atoms. The molecule has 0 fully saturated rings. The molecule has 0 saturated carbocycles. The van der Waals surface area contributed by atoms with Crippen LogP contribution in [-0.4, -0.2) is 52.8 Å². The van der Waals surface area contributed by atoms with Crippen LogP contribution in [0.1, 0.15) is 5.56 Å². The van der Waals surface area contributed by atoms with Gasteiger partial charge in [0, 0.05) is 38.4 Å². The number of halogens is 1. The van der Waals surface area contributed by atoms with Gasteiger partial charge in [-0.3, -0.25) is 0 Å². The van der Waals surface area contributed by atoms with Crippen molar-refractivity contribution in [2.24, 2.45) is 0 Å². The van der Waals surface area contributed by atoms with Gasteiger partial charge in [-0.25, -0.2) is 4.40 Å². The van der Waals surface area contributed by atoms with Crippen LogP contribution >= 0.6 is 27.7 Å². The molecule has 0 saturated heterocycles. The van der Waals surface area contributed by atoms with E-state index in [2.05, 4.69) is 48.2 Å². The second-order valence-electron chi connectivity index (χ2n) is 5.65. The van der Waals surface area contributed by atoms with Gasteiger partial charge in [-0.1, -0.05) is 39.8 Å². The van der Waals surface area contributed by atoms with Gasteiger partial charge < -0.3 is 9.80 Å². The first-order valence-corrected chi connectivity index (χ1v) is 9.08. The summed E-state index contributed by atoms with van der Waals surface area (Å²) in [6.07, 6.45) is 0. The van der Waals surface area contributed by atoms with E-state index in [1.807, 2.05) is 54.5 Å². The zero-order valence-corrected chi connectivity index (χ0v) is 16.3. The summed E-state index contributed by atoms with van der Waals surface area (Å²) < 4.78 is 2.96. The van der Waals surface area contributed by atoms with E-state index in [4.69, 9.17) is 0 Å². The minimum Gasteiger partial charge on any atom is -0.348 e. The number of rotatable bonds is 5. The molecule has 2 heterocycles. The normalized spacial score (nSPS) is 11.0. The molecule has 7 nitrogen and oxygen atoms in total. The van der Waals surface area contributed by atoms with Crippen molar-refractivity contribution in [3.8, 4) is 0 Å². The topological polar surface area (TPSA) is 62.5 Å². The Morgan fingerprint density at radius 1 is 1.00 bits per heavy atom. The largest absolute Gasteiger partial charge is 0.348 e. The number of fused-ring (bicyclic) bond motifs is 1. The van der Waals surface area contributed by atoms with Crippen LogP contribution in [-0.2, 0) is 5.75 Å². The summed E-state index contributed by atoms with van der Waals surface area (Å²) in [6, 6.07) is 8.26. The summed E-state index contributed by atoms with van der Waals surface area (Å²) in [4.78, 5) is 12.9. The molecule has 24 heavy (non-hydrogen) atoms. The average Bonchev–Trinajstić information content (AvgIpc) is 2.96. The highest BCUT2D eigenvalue weighted by atomic mass is 79.9. The summed E-state index contributed by atoms with van der Waals surface area (Å²) in [5.74, 6) is 2.72. The quantitative estimate of drug-likeness (QED) is 0.602. The predicted octanol–water partition coefficient (Wildman–Crippen LogP) is 2.71. The standard InChI is InChI=1S/C15H18BrN7S/c1-21(2)12-17-13-19-20-15(23(13)14(18-12)22(3)4)24-9-10-5-7-11(16)8-6-10/h5-8H,9H2,1-4H3. The van der Waals surface area contributed by atoms with Crippen molar-refractivity contribution in [1.29, 1.82) is 0 Å². The van der Waals surface area contributed by atoms with E-state index in [0.29, 0.717) is 11.7 Å². The zero-order valence-electron chi connectivity index (χ0n) is 13.9. The number of anilines is 2. The van der Waals surface area contributed by atoms with E-state index in [1.165, 1.54) is 5.56 Å². The van der Waals surface area contributed by atoms with Crippen molar-refractivity contribution in [2.45, 2.75) is 10.9 Å². The maximum atomic E-state index is 4.60. The first kappa shape index (κ1) is 17.0. The van der Waals surface area contributed by atoms with Gasteiger partial charge in [0.1, 0.15) is 0 Å². The van der Waals surface area contributed by atoms with Crippen LogP contribution < -0.4 is 9.80 Å². The van der Waals surface area contributed by atoms with Crippen molar-refractivity contribution in [3.63, 3.8) is 0 Å². The molecule has 3 rings (SSSR count). The van der Waals surface area contributed by atoms with Crippen LogP contribution in [0.15, 0.2) is 33.9 Å². The lowest BCUT2D eigenvalue weighted by molar-refractivity contribution is 0.845. The third-order valence-corrected chi connectivity index (χ3v) is 4.83. The lowest BCUT2D eigenvalue weighted by Crippen LogP contribution is -2.20. The average molecular weight is 408 g/mol. The Balaban J connectivity index is 1.95. The van der Waals surface area contributed by atoms with Crippen LogP contribution in [0, 0.1) is 0 Å². The molecule has 0 N–H and O–H groups in total. The number of hydrogen-bond acceptors (Lipinski definition) is 7. The maximum Gasteiger partial charge on any atom is 0.261 e. The fourth-order valence-electron chi connectivity index (χ4n) is 2.09. The number of benzene rings is 1. The molecule has 0 atom stereocenters. The van der Waals surface area contributed by atoms with Gasteiger partial charge in [0.15, 0.2) is 5.16 Å². The fraction of sp³-hybridized carbons (Fsp3) is 0.333. The molecule has 3 aromatic rings. The van der Waals surface area contributed by atoms with Crippen molar-refractivity contribution >= 4 is 45.4 Å². The highest BCUT2D eigenvalue weighted by Crippen LogP contribution is 2.26. The van der Waals surface area contributed by atoms with Gasteiger partial charge in [-0.15, -0.1) is 10.2 Å². The van der Waals surface area contributed by atoms with Crippen LogP contribution in [0.5, 0.6) is 0 Å². The number of nitrogens with zero attached hydrogens (tertiary/aromatic N) is 7. The van der Waals surface area contributed by atoms with Gasteiger partial charge in [-0.05, 0) is 17.7 Å². The van der Waals surface area contributed by atoms with Crippen LogP contribution in [0.2, 0.25) is 0 Å². The number of hydrogen-bond donors (Lipinski definition) is 0. The van der Waals surface area contributed by atoms with E-state index in [1.54, 1.807) is 11.8 Å². The Bertz CT molecular complexity index is 845. The Hall–Kier alpha value is -1.87. The SMILES string of the molecule is CN(C)c1nc(N(C)C)n2c(SCc3ccc(Br)cc3)nnc2n1. The highest BCUT2D eigenvalue weighted by molar-refractivity contribution is 9.10. The third kappa shape index (κ3) is 3.46. The molecule has 0 aliphatic rings. The first-order chi connectivity index (χ1) is 11.5. The monoisotopic (exact) mass is 407 g/mol.